The lowest BCUT2D eigenvalue weighted by molar-refractivity contribution is 0.660. The summed E-state index contributed by atoms with van der Waals surface area (Å²) in [5.74, 6) is 0. The van der Waals surface area contributed by atoms with Crippen LogP contribution in [-0.2, 0) is 16.2 Å². The van der Waals surface area contributed by atoms with E-state index in [2.05, 4.69) is 520 Å². The molecule has 0 aliphatic heterocycles. The van der Waals surface area contributed by atoms with Gasteiger partial charge in [0.05, 0.1) is 38.5 Å². The largest absolute Gasteiger partial charge is 0.345 e. The first-order valence-corrected chi connectivity index (χ1v) is 45.4. The van der Waals surface area contributed by atoms with E-state index in [-0.39, 0.29) is 16.2 Å². The Kier molecular flexibility index (Phi) is 18.1. The highest BCUT2D eigenvalue weighted by molar-refractivity contribution is 6.12. The van der Waals surface area contributed by atoms with Gasteiger partial charge in [-0.3, -0.25) is 0 Å². The number of benzene rings is 19. The number of hydrogen-bond acceptors (Lipinski definition) is 3. The molecule has 0 bridgehead atoms. The molecule has 6 nitrogen and oxygen atoms in total. The highest BCUT2D eigenvalue weighted by Gasteiger charge is 2.52. The molecule has 0 atom stereocenters. The Morgan fingerprint density at radius 3 is 0.746 bits per heavy atom. The Hall–Kier alpha value is -16.0. The van der Waals surface area contributed by atoms with E-state index in [0.29, 0.717) is 0 Å². The molecule has 4 aliphatic carbocycles. The highest BCUT2D eigenvalue weighted by atomic mass is 15.1. The zero-order valence-electron chi connectivity index (χ0n) is 73.8. The molecule has 22 aromatic rings. The lowest BCUT2D eigenvalue weighted by Crippen LogP contribution is -2.26. The summed E-state index contributed by atoms with van der Waals surface area (Å²) in [6.07, 6.45) is 0. The van der Waals surface area contributed by atoms with Crippen molar-refractivity contribution in [2.75, 3.05) is 35.8 Å². The van der Waals surface area contributed by atoms with Crippen LogP contribution in [0.3, 0.4) is 0 Å². The molecule has 26 rings (SSSR count). The summed E-state index contributed by atoms with van der Waals surface area (Å²) in [7, 11) is 6.49. The van der Waals surface area contributed by atoms with E-state index in [1.165, 1.54) is 222 Å². The second-order valence-corrected chi connectivity index (χ2v) is 36.4. The number of hydrogen-bond donors (Lipinski definition) is 0. The predicted molar refractivity (Wildman–Crippen MR) is 548 cm³/mol. The summed E-state index contributed by atoms with van der Waals surface area (Å²) in [6, 6.07) is 162. The molecule has 0 radical (unpaired) electrons. The third-order valence-electron chi connectivity index (χ3n) is 28.9. The van der Waals surface area contributed by atoms with Crippen molar-refractivity contribution in [3.63, 3.8) is 0 Å². The van der Waals surface area contributed by atoms with E-state index in [1.54, 1.807) is 0 Å². The minimum absolute atomic E-state index is 0.00196. The molecule has 0 amide bonds. The number of aromatic nitrogens is 3. The minimum atomic E-state index is -0.342. The van der Waals surface area contributed by atoms with Crippen molar-refractivity contribution in [1.29, 1.82) is 0 Å². The first-order chi connectivity index (χ1) is 63.8. The van der Waals surface area contributed by atoms with Gasteiger partial charge in [-0.15, -0.1) is 0 Å². The second kappa shape index (κ2) is 30.4. The number of fused-ring (bicyclic) bond motifs is 25. The van der Waals surface area contributed by atoms with E-state index in [4.69, 9.17) is 0 Å². The summed E-state index contributed by atoms with van der Waals surface area (Å²) in [5, 5.41) is 7.72. The zero-order chi connectivity index (χ0) is 87.3. The van der Waals surface area contributed by atoms with Crippen LogP contribution >= 0.6 is 0 Å². The average Bonchev–Trinajstić information content (AvgIpc) is 1.50. The summed E-state index contributed by atoms with van der Waals surface area (Å²) in [6.45, 7) is 9.39. The first-order valence-electron chi connectivity index (χ1n) is 45.4. The molecule has 4 aliphatic rings. The highest BCUT2D eigenvalue weighted by Crippen LogP contribution is 2.64. The van der Waals surface area contributed by atoms with Crippen molar-refractivity contribution < 1.29 is 0 Å². The minimum Gasteiger partial charge on any atom is -0.345 e. The monoisotopic (exact) mass is 1670 g/mol. The summed E-state index contributed by atoms with van der Waals surface area (Å²) >= 11 is 0. The van der Waals surface area contributed by atoms with Crippen LogP contribution in [0.4, 0.5) is 34.1 Å². The first kappa shape index (κ1) is 77.5. The SMILES string of the molecule is CN(c1ccc(-c2ccc(-n3c4ccccc4c4ccccc43)cc2)cc1)c1ccc2c(c1)C(C)(C)c1ccccc1-2.CN(c1ccc(-c2ccc(-n3c4ccccc4c4ccccc43)cc2)cc1)c1ccc2c(c1)C1(c3ccccc3-c3ccccc31)c1ccccc1-2.CN(c1ccccc1)c1ccc2c(c1)C(C)(C)c1cc(-n3c4ccccc4c4ccccc43)ccc1-2. The third-order valence-corrected chi connectivity index (χ3v) is 28.9. The number of anilines is 6. The summed E-state index contributed by atoms with van der Waals surface area (Å²) in [4.78, 5) is 6.87. The normalized spacial score (nSPS) is 13.4. The van der Waals surface area contributed by atoms with Gasteiger partial charge in [-0.2, -0.15) is 0 Å². The maximum atomic E-state index is 2.44. The van der Waals surface area contributed by atoms with Crippen LogP contribution in [0, 0.1) is 0 Å². The Labute approximate surface area is 759 Å². The third kappa shape index (κ3) is 12.1. The Morgan fingerprint density at radius 1 is 0.169 bits per heavy atom. The van der Waals surface area contributed by atoms with Crippen molar-refractivity contribution in [3.05, 3.63) is 487 Å². The zero-order valence-corrected chi connectivity index (χ0v) is 73.8. The molecule has 0 unspecified atom stereocenters. The van der Waals surface area contributed by atoms with Crippen molar-refractivity contribution in [2.45, 2.75) is 43.9 Å². The molecule has 1 spiro atoms. The standard InChI is InChI=1S/C50H34N2.C40H32N2.C34H28N2/c1-51(35-26-22-33(23-27-35)34-24-28-36(29-25-34)52-48-20-10-5-15-42(48)43-16-6-11-21-49(43)52)37-30-31-41-40-14-4-9-19-46(40)50(47(41)32-37)44-17-7-2-12-38(44)39-13-3-8-18-45(39)50;1-40(2)36-13-7-4-10-32(36)33-25-24-31(26-37(33)40)41(3)29-20-16-27(17-21-29)28-18-22-30(23-19-28)42-38-14-8-5-11-34(38)35-12-6-9-15-39(35)42;1-34(2)30-21-24(35(3)23-11-5-4-6-12-23)17-19-26(30)27-20-18-25(22-31(27)34)36-32-15-9-7-13-28(32)29-14-8-10-16-33(29)36/h2-32H,1H3;4-26H,1-3H3;4-22H,1-3H3. The van der Waals surface area contributed by atoms with E-state index in [1.807, 2.05) is 0 Å². The van der Waals surface area contributed by atoms with Gasteiger partial charge in [0, 0.05) is 115 Å². The molecule has 620 valence electrons. The quantitative estimate of drug-likeness (QED) is 0.129. The van der Waals surface area contributed by atoms with E-state index in [0.717, 1.165) is 5.69 Å². The Balaban J connectivity index is 0.000000110. The van der Waals surface area contributed by atoms with Gasteiger partial charge in [-0.05, 0) is 257 Å². The lowest BCUT2D eigenvalue weighted by atomic mass is 9.70. The molecule has 130 heavy (non-hydrogen) atoms. The van der Waals surface area contributed by atoms with Gasteiger partial charge in [0.15, 0.2) is 0 Å². The van der Waals surface area contributed by atoms with Crippen molar-refractivity contribution in [1.82, 2.24) is 13.7 Å². The molecule has 19 aromatic carbocycles. The number of para-hydroxylation sites is 7. The fraction of sp³-hybridized carbons (Fsp3) is 0.0806. The fourth-order valence-corrected chi connectivity index (χ4v) is 22.3. The smallest absolute Gasteiger partial charge is 0.0726 e. The van der Waals surface area contributed by atoms with E-state index in [9.17, 15) is 0 Å². The predicted octanol–water partition coefficient (Wildman–Crippen LogP) is 31.9. The van der Waals surface area contributed by atoms with Gasteiger partial charge in [0.2, 0.25) is 0 Å². The van der Waals surface area contributed by atoms with Crippen LogP contribution in [0.5, 0.6) is 0 Å². The number of rotatable bonds is 11. The van der Waals surface area contributed by atoms with E-state index < -0.39 is 0 Å². The van der Waals surface area contributed by atoms with Crippen LogP contribution in [0.2, 0.25) is 0 Å². The molecular weight excluding hydrogens is 1570 g/mol. The molecule has 0 fully saturated rings. The molecular formula is C124H94N6. The average molecular weight is 1670 g/mol. The van der Waals surface area contributed by atoms with Crippen LogP contribution in [0.15, 0.2) is 443 Å². The molecule has 3 aromatic heterocycles. The van der Waals surface area contributed by atoms with Gasteiger partial charge < -0.3 is 28.4 Å². The number of nitrogens with zero attached hydrogens (tertiary/aromatic N) is 6. The van der Waals surface area contributed by atoms with Gasteiger partial charge in [0.1, 0.15) is 0 Å². The van der Waals surface area contributed by atoms with Crippen LogP contribution in [0.25, 0.3) is 149 Å². The Bertz CT molecular complexity index is 8040. The molecule has 6 heteroatoms. The topological polar surface area (TPSA) is 24.5 Å². The fourth-order valence-electron chi connectivity index (χ4n) is 22.3. The van der Waals surface area contributed by atoms with Crippen molar-refractivity contribution in [2.24, 2.45) is 0 Å². The van der Waals surface area contributed by atoms with Gasteiger partial charge >= 0.3 is 0 Å². The molecule has 0 N–H and O–H groups in total. The second-order valence-electron chi connectivity index (χ2n) is 36.4. The van der Waals surface area contributed by atoms with Crippen LogP contribution in [0.1, 0.15) is 72.2 Å². The van der Waals surface area contributed by atoms with Crippen molar-refractivity contribution >= 4 is 99.5 Å². The molecule has 0 saturated heterocycles. The van der Waals surface area contributed by atoms with E-state index >= 15 is 0 Å². The molecule has 0 saturated carbocycles. The lowest BCUT2D eigenvalue weighted by Gasteiger charge is -2.31. The molecule has 3 heterocycles. The van der Waals surface area contributed by atoms with Gasteiger partial charge in [-0.1, -0.05) is 325 Å². The van der Waals surface area contributed by atoms with Gasteiger partial charge in [0.25, 0.3) is 0 Å². The van der Waals surface area contributed by atoms with Crippen LogP contribution in [-0.4, -0.2) is 34.8 Å². The maximum absolute atomic E-state index is 2.44. The van der Waals surface area contributed by atoms with Crippen LogP contribution < -0.4 is 14.7 Å². The summed E-state index contributed by atoms with van der Waals surface area (Å²) in [5.41, 5.74) is 44.3. The summed E-state index contributed by atoms with van der Waals surface area (Å²) < 4.78 is 7.15. The van der Waals surface area contributed by atoms with Crippen molar-refractivity contribution in [3.8, 4) is 83.8 Å². The van der Waals surface area contributed by atoms with Gasteiger partial charge in [-0.25, -0.2) is 0 Å². The maximum Gasteiger partial charge on any atom is 0.0726 e. The Morgan fingerprint density at radius 2 is 0.392 bits per heavy atom.